The van der Waals surface area contributed by atoms with Crippen LogP contribution < -0.4 is 0 Å². The number of carbonyl (C=O) groups is 1. The lowest BCUT2D eigenvalue weighted by Crippen LogP contribution is -1.93. The summed E-state index contributed by atoms with van der Waals surface area (Å²) in [7, 11) is 0. The molecule has 737 valence electrons. The largest absolute Gasteiger partial charge is 0.481 e. The molecule has 122 heavy (non-hydrogen) atoms. The van der Waals surface area contributed by atoms with Gasteiger partial charge in [-0.05, 0) is 44.4 Å². The van der Waals surface area contributed by atoms with Crippen molar-refractivity contribution in [3.05, 3.63) is 19.6 Å². The molecular weight excluding hydrogens is 1490 g/mol. The van der Waals surface area contributed by atoms with Gasteiger partial charge in [0, 0.05) is 26.2 Å². The molecule has 0 aliphatic carbocycles. The fourth-order valence-electron chi connectivity index (χ4n) is 17.7. The van der Waals surface area contributed by atoms with Crippen molar-refractivity contribution in [1.29, 1.82) is 0 Å². The highest BCUT2D eigenvalue weighted by Crippen LogP contribution is 2.23. The smallest absolute Gasteiger partial charge is 0.303 e. The van der Waals surface area contributed by atoms with E-state index >= 15 is 0 Å². The Morgan fingerprint density at radius 3 is 0.434 bits per heavy atom. The van der Waals surface area contributed by atoms with Crippen molar-refractivity contribution in [2.24, 2.45) is 5.92 Å². The Morgan fingerprint density at radius 1 is 0.197 bits per heavy atom. The highest BCUT2D eigenvalue weighted by atomic mass is 16.4. The van der Waals surface area contributed by atoms with E-state index in [1.807, 2.05) is 6.08 Å². The van der Waals surface area contributed by atoms with Crippen molar-refractivity contribution in [3.8, 4) is 0 Å². The zero-order valence-electron chi connectivity index (χ0n) is 85.9. The molecule has 0 bridgehead atoms. The number of carboxylic acids is 1. The summed E-state index contributed by atoms with van der Waals surface area (Å²) in [6.07, 6.45) is 148. The van der Waals surface area contributed by atoms with Gasteiger partial charge in [-0.1, -0.05) is 670 Å². The van der Waals surface area contributed by atoms with E-state index in [1.54, 1.807) is 0 Å². The lowest BCUT2D eigenvalue weighted by Gasteiger charge is -2.05. The van der Waals surface area contributed by atoms with Crippen molar-refractivity contribution in [1.82, 2.24) is 0 Å². The number of unbranched alkanes of at least 4 members (excludes halogenated alkanes) is 96. The van der Waals surface area contributed by atoms with Crippen LogP contribution in [0.4, 0.5) is 0 Å². The van der Waals surface area contributed by atoms with E-state index in [2.05, 4.69) is 48.1 Å². The number of hydrogen-bond acceptors (Lipinski definition) is 4. The summed E-state index contributed by atoms with van der Waals surface area (Å²) in [5.41, 5.74) is 0. The Labute approximate surface area is 774 Å². The Bertz CT molecular complexity index is 1570. The summed E-state index contributed by atoms with van der Waals surface area (Å²) < 4.78 is 0. The second-order valence-electron chi connectivity index (χ2n) is 39.4. The Kier molecular flexibility index (Phi) is 141. The average molecular weight is 1730 g/mol. The van der Waals surface area contributed by atoms with Crippen molar-refractivity contribution >= 4 is 5.97 Å². The molecule has 5 heteroatoms. The molecule has 0 aliphatic heterocycles. The zero-order chi connectivity index (χ0) is 89.5. The predicted molar refractivity (Wildman–Crippen MR) is 556 cm³/mol. The average Bonchev–Trinajstić information content (AvgIpc) is 1.41. The number of carboxylic acid groups (broad SMARTS) is 1. The van der Waals surface area contributed by atoms with Gasteiger partial charge in [-0.15, -0.1) is 6.58 Å². The zero-order valence-corrected chi connectivity index (χ0v) is 85.9. The minimum absolute atomic E-state index is 0.326. The van der Waals surface area contributed by atoms with Gasteiger partial charge < -0.3 is 20.4 Å². The molecule has 0 aromatic carbocycles. The molecule has 5 nitrogen and oxygen atoms in total. The van der Waals surface area contributed by atoms with E-state index in [9.17, 15) is 4.79 Å². The number of rotatable bonds is 105. The molecule has 1 unspecified atom stereocenters. The van der Waals surface area contributed by atoms with E-state index < -0.39 is 5.97 Å². The van der Waals surface area contributed by atoms with Gasteiger partial charge in [-0.25, -0.2) is 0 Å². The summed E-state index contributed by atoms with van der Waals surface area (Å²) in [6.45, 7) is 20.1. The van der Waals surface area contributed by atoms with E-state index in [1.165, 1.54) is 623 Å². The molecule has 4 N–H and O–H groups in total. The molecule has 0 saturated carbocycles. The minimum Gasteiger partial charge on any atom is -0.481 e. The molecule has 0 saturated heterocycles. The summed E-state index contributed by atoms with van der Waals surface area (Å²) in [6, 6.07) is 0. The van der Waals surface area contributed by atoms with Crippen LogP contribution in [0, 0.1) is 12.8 Å². The van der Waals surface area contributed by atoms with Crippen LogP contribution in [-0.4, -0.2) is 46.2 Å². The van der Waals surface area contributed by atoms with Gasteiger partial charge in [0.1, 0.15) is 0 Å². The molecule has 0 fully saturated rings. The SMILES string of the molecule is C=CCCCCCCCCC(=O)O.CCCCCCCCCCCCCCCCCCCCCCCCCCCCCCCCCCCCCO.CCCCCCCCCCCCCCCCCCCCCCCCCCCCCCCCO.CCCCCCCCCCCCCCCCCCCCCCCCCCCCCO.[CH2]C(CC)CCCC. The lowest BCUT2D eigenvalue weighted by molar-refractivity contribution is -0.137. The van der Waals surface area contributed by atoms with Gasteiger partial charge in [-0.2, -0.15) is 0 Å². The fourth-order valence-corrected chi connectivity index (χ4v) is 17.7. The molecule has 1 radical (unpaired) electrons. The quantitative estimate of drug-likeness (QED) is 0.0359. The normalized spacial score (nSPS) is 11.5. The molecule has 0 aromatic rings. The van der Waals surface area contributed by atoms with Crippen molar-refractivity contribution < 1.29 is 25.2 Å². The van der Waals surface area contributed by atoms with Crippen LogP contribution in [-0.2, 0) is 4.79 Å². The van der Waals surface area contributed by atoms with Crippen LogP contribution in [0.25, 0.3) is 0 Å². The van der Waals surface area contributed by atoms with Crippen LogP contribution in [0.15, 0.2) is 12.7 Å². The molecular formula is C117H239O5. The number of allylic oxidation sites excluding steroid dienone is 1. The third-order valence-corrected chi connectivity index (χ3v) is 26.6. The van der Waals surface area contributed by atoms with E-state index in [4.69, 9.17) is 20.4 Å². The first kappa shape index (κ1) is 130. The van der Waals surface area contributed by atoms with Crippen molar-refractivity contribution in [3.63, 3.8) is 0 Å². The molecule has 0 amide bonds. The molecule has 0 aliphatic rings. The van der Waals surface area contributed by atoms with Gasteiger partial charge >= 0.3 is 5.97 Å². The van der Waals surface area contributed by atoms with Crippen LogP contribution >= 0.6 is 0 Å². The summed E-state index contributed by atoms with van der Waals surface area (Å²) in [4.78, 5) is 10.2. The van der Waals surface area contributed by atoms with Crippen molar-refractivity contribution in [2.45, 2.75) is 702 Å². The van der Waals surface area contributed by atoms with Gasteiger partial charge in [0.25, 0.3) is 0 Å². The third-order valence-electron chi connectivity index (χ3n) is 26.6. The van der Waals surface area contributed by atoms with Gasteiger partial charge in [0.2, 0.25) is 0 Å². The fraction of sp³-hybridized carbons (Fsp3) is 0.966. The summed E-state index contributed by atoms with van der Waals surface area (Å²) in [5.74, 6) is 0.0293. The van der Waals surface area contributed by atoms with Crippen LogP contribution in [0.2, 0.25) is 0 Å². The molecule has 0 rings (SSSR count). The minimum atomic E-state index is -0.674. The predicted octanol–water partition coefficient (Wildman–Crippen LogP) is 42.3. The van der Waals surface area contributed by atoms with Crippen LogP contribution in [0.1, 0.15) is 702 Å². The number of aliphatic carboxylic acids is 1. The van der Waals surface area contributed by atoms with Gasteiger partial charge in [-0.3, -0.25) is 4.79 Å². The summed E-state index contributed by atoms with van der Waals surface area (Å²) in [5, 5.41) is 34.7. The highest BCUT2D eigenvalue weighted by molar-refractivity contribution is 5.66. The van der Waals surface area contributed by atoms with Crippen molar-refractivity contribution in [2.75, 3.05) is 19.8 Å². The second-order valence-corrected chi connectivity index (χ2v) is 39.4. The first-order valence-corrected chi connectivity index (χ1v) is 57.8. The van der Waals surface area contributed by atoms with E-state index in [0.29, 0.717) is 32.2 Å². The first-order chi connectivity index (χ1) is 60.3. The third kappa shape index (κ3) is 145. The van der Waals surface area contributed by atoms with E-state index in [0.717, 1.165) is 38.5 Å². The monoisotopic (exact) mass is 1720 g/mol. The second kappa shape index (κ2) is 133. The number of aliphatic hydroxyl groups is 3. The maximum Gasteiger partial charge on any atom is 0.303 e. The van der Waals surface area contributed by atoms with E-state index in [-0.39, 0.29) is 0 Å². The Morgan fingerprint density at radius 2 is 0.320 bits per heavy atom. The molecule has 0 aromatic heterocycles. The molecule has 0 heterocycles. The Hall–Kier alpha value is -0.910. The standard InChI is InChI=1S/C37H76O.C32H66O.C29H60O.C11H20O2.C8H17/c1-2-3-4-5-6-7-8-9-10-11-12-13-14-15-16-17-18-19-20-21-22-23-24-25-26-27-28-29-30-31-32-33-34-35-36-37-38;1-2-3-4-5-6-7-8-9-10-11-12-13-14-15-16-17-18-19-20-21-22-23-24-25-26-27-28-29-30-31-32-33;1-2-3-4-5-6-7-8-9-10-11-12-13-14-15-16-17-18-19-20-21-22-23-24-25-26-27-28-29-30;1-2-3-4-5-6-7-8-9-10-11(12)13;1-4-6-7-8(3)5-2/h38H,2-37H2,1H3;33H,2-32H2,1H3;30H,2-29H2,1H3;2H,1,3-10H2,(H,12,13);8H,3-7H2,1-2H3. The Balaban J connectivity index is -0.000000502. The maximum atomic E-state index is 10.2. The maximum absolute atomic E-state index is 10.2. The van der Waals surface area contributed by atoms with Gasteiger partial charge in [0.15, 0.2) is 0 Å². The van der Waals surface area contributed by atoms with Gasteiger partial charge in [0.05, 0.1) is 0 Å². The van der Waals surface area contributed by atoms with Crippen LogP contribution in [0.5, 0.6) is 0 Å². The molecule has 0 spiro atoms. The summed E-state index contributed by atoms with van der Waals surface area (Å²) >= 11 is 0. The number of hydrogen-bond donors (Lipinski definition) is 4. The topological polar surface area (TPSA) is 98.0 Å². The first-order valence-electron chi connectivity index (χ1n) is 57.8. The van der Waals surface area contributed by atoms with Crippen LogP contribution in [0.3, 0.4) is 0 Å². The number of aliphatic hydroxyl groups excluding tert-OH is 3. The molecule has 1 atom stereocenters. The lowest BCUT2D eigenvalue weighted by atomic mass is 10.0. The highest BCUT2D eigenvalue weighted by Gasteiger charge is 2.05.